The summed E-state index contributed by atoms with van der Waals surface area (Å²) in [6, 6.07) is 2.05. The van der Waals surface area contributed by atoms with Gasteiger partial charge >= 0.3 is 0 Å². The summed E-state index contributed by atoms with van der Waals surface area (Å²) in [6.07, 6.45) is 0.995. The first-order chi connectivity index (χ1) is 7.74. The summed E-state index contributed by atoms with van der Waals surface area (Å²) in [7, 11) is 0. The van der Waals surface area contributed by atoms with Crippen molar-refractivity contribution in [2.24, 2.45) is 0 Å². The third-order valence-electron chi connectivity index (χ3n) is 2.86. The van der Waals surface area contributed by atoms with Gasteiger partial charge in [-0.2, -0.15) is 0 Å². The molecule has 0 amide bonds. The molecule has 1 saturated heterocycles. The van der Waals surface area contributed by atoms with Gasteiger partial charge in [-0.15, -0.1) is 11.3 Å². The van der Waals surface area contributed by atoms with Gasteiger partial charge in [-0.25, -0.2) is 9.97 Å². The lowest BCUT2D eigenvalue weighted by Gasteiger charge is -2.06. The fourth-order valence-electron chi connectivity index (χ4n) is 2.00. The highest BCUT2D eigenvalue weighted by Crippen LogP contribution is 2.30. The molecule has 1 atom stereocenters. The summed E-state index contributed by atoms with van der Waals surface area (Å²) in [5.74, 6) is 1.75. The van der Waals surface area contributed by atoms with Gasteiger partial charge in [-0.05, 0) is 19.4 Å². The molecule has 3 rings (SSSR count). The molecule has 1 aliphatic rings. The lowest BCUT2D eigenvalue weighted by molar-refractivity contribution is 0.193. The van der Waals surface area contributed by atoms with Crippen LogP contribution >= 0.6 is 11.3 Å². The quantitative estimate of drug-likeness (QED) is 0.822. The van der Waals surface area contributed by atoms with Crippen LogP contribution in [0, 0.1) is 6.92 Å². The Bertz CT molecular complexity index is 531. The minimum Gasteiger partial charge on any atom is -0.383 e. The smallest absolute Gasteiger partial charge is 0.137 e. The number of hydrogen-bond donors (Lipinski definition) is 1. The first kappa shape index (κ1) is 9.99. The second-order valence-corrected chi connectivity index (χ2v) is 5.34. The standard InChI is InChI=1S/C11H13N3OS/c1-6-4-8-9(12)13-10(14-11(8)16-6)7-2-3-15-5-7/h4,7H,2-3,5H2,1H3,(H2,12,13,14). The summed E-state index contributed by atoms with van der Waals surface area (Å²) in [6.45, 7) is 3.58. The molecule has 1 fully saturated rings. The molecule has 0 aromatic carbocycles. The SMILES string of the molecule is Cc1cc2c(N)nc(C3CCOC3)nc2s1. The maximum absolute atomic E-state index is 5.95. The molecule has 0 saturated carbocycles. The highest BCUT2D eigenvalue weighted by Gasteiger charge is 2.22. The Labute approximate surface area is 97.5 Å². The van der Waals surface area contributed by atoms with Gasteiger partial charge < -0.3 is 10.5 Å². The summed E-state index contributed by atoms with van der Waals surface area (Å²) in [4.78, 5) is 11.2. The van der Waals surface area contributed by atoms with Gasteiger partial charge in [0.25, 0.3) is 0 Å². The third kappa shape index (κ3) is 1.56. The van der Waals surface area contributed by atoms with Gasteiger partial charge in [-0.1, -0.05) is 0 Å². The predicted molar refractivity (Wildman–Crippen MR) is 64.7 cm³/mol. The van der Waals surface area contributed by atoms with E-state index in [1.807, 2.05) is 6.07 Å². The number of nitrogens with zero attached hydrogens (tertiary/aromatic N) is 2. The number of rotatable bonds is 1. The molecule has 0 aliphatic carbocycles. The second kappa shape index (κ2) is 3.68. The highest BCUT2D eigenvalue weighted by atomic mass is 32.1. The number of ether oxygens (including phenoxy) is 1. The molecular weight excluding hydrogens is 222 g/mol. The van der Waals surface area contributed by atoms with Crippen LogP contribution in [-0.4, -0.2) is 23.2 Å². The number of nitrogens with two attached hydrogens (primary N) is 1. The first-order valence-corrected chi connectivity index (χ1v) is 6.17. The van der Waals surface area contributed by atoms with E-state index in [0.29, 0.717) is 11.7 Å². The Balaban J connectivity index is 2.12. The summed E-state index contributed by atoms with van der Waals surface area (Å²) < 4.78 is 5.35. The number of thiophene rings is 1. The molecule has 2 aromatic heterocycles. The van der Waals surface area contributed by atoms with Crippen LogP contribution in [0.1, 0.15) is 23.0 Å². The van der Waals surface area contributed by atoms with E-state index in [-0.39, 0.29) is 0 Å². The number of fused-ring (bicyclic) bond motifs is 1. The highest BCUT2D eigenvalue weighted by molar-refractivity contribution is 7.18. The number of nitrogen functional groups attached to an aromatic ring is 1. The lowest BCUT2D eigenvalue weighted by Crippen LogP contribution is -2.06. The lowest BCUT2D eigenvalue weighted by atomic mass is 10.1. The van der Waals surface area contributed by atoms with Crippen molar-refractivity contribution < 1.29 is 4.74 Å². The Morgan fingerprint density at radius 3 is 3.12 bits per heavy atom. The van der Waals surface area contributed by atoms with Crippen molar-refractivity contribution in [2.75, 3.05) is 18.9 Å². The largest absolute Gasteiger partial charge is 0.383 e. The number of anilines is 1. The normalized spacial score (nSPS) is 20.7. The fourth-order valence-corrected chi connectivity index (χ4v) is 2.90. The zero-order chi connectivity index (χ0) is 11.1. The van der Waals surface area contributed by atoms with Crippen LogP contribution in [0.2, 0.25) is 0 Å². The Morgan fingerprint density at radius 1 is 1.50 bits per heavy atom. The Morgan fingerprint density at radius 2 is 2.38 bits per heavy atom. The van der Waals surface area contributed by atoms with Crippen molar-refractivity contribution in [3.63, 3.8) is 0 Å². The molecule has 84 valence electrons. The van der Waals surface area contributed by atoms with Crippen molar-refractivity contribution in [1.82, 2.24) is 9.97 Å². The van der Waals surface area contributed by atoms with Crippen molar-refractivity contribution in [3.8, 4) is 0 Å². The maximum Gasteiger partial charge on any atom is 0.137 e. The van der Waals surface area contributed by atoms with Gasteiger partial charge in [-0.3, -0.25) is 0 Å². The van der Waals surface area contributed by atoms with E-state index < -0.39 is 0 Å². The Kier molecular flexibility index (Phi) is 2.29. The van der Waals surface area contributed by atoms with Gasteiger partial charge in [0.15, 0.2) is 0 Å². The van der Waals surface area contributed by atoms with Crippen LogP contribution < -0.4 is 5.73 Å². The molecular formula is C11H13N3OS. The van der Waals surface area contributed by atoms with Crippen LogP contribution in [0.4, 0.5) is 5.82 Å². The van der Waals surface area contributed by atoms with E-state index in [1.54, 1.807) is 11.3 Å². The summed E-state index contributed by atoms with van der Waals surface area (Å²) in [5.41, 5.74) is 5.95. The van der Waals surface area contributed by atoms with Gasteiger partial charge in [0.1, 0.15) is 16.5 Å². The van der Waals surface area contributed by atoms with Gasteiger partial charge in [0.05, 0.1) is 12.0 Å². The average Bonchev–Trinajstić information content (AvgIpc) is 2.84. The molecule has 3 heterocycles. The van der Waals surface area contributed by atoms with Crippen LogP contribution in [0.3, 0.4) is 0 Å². The number of aromatic nitrogens is 2. The molecule has 1 aliphatic heterocycles. The van der Waals surface area contributed by atoms with E-state index in [2.05, 4.69) is 16.9 Å². The minimum absolute atomic E-state index is 0.314. The van der Waals surface area contributed by atoms with Gasteiger partial charge in [0.2, 0.25) is 0 Å². The van der Waals surface area contributed by atoms with Crippen molar-refractivity contribution in [3.05, 3.63) is 16.8 Å². The van der Waals surface area contributed by atoms with Gasteiger partial charge in [0, 0.05) is 17.4 Å². The molecule has 0 spiro atoms. The van der Waals surface area contributed by atoms with E-state index in [4.69, 9.17) is 10.5 Å². The number of aryl methyl sites for hydroxylation is 1. The first-order valence-electron chi connectivity index (χ1n) is 5.35. The molecule has 5 heteroatoms. The zero-order valence-corrected chi connectivity index (χ0v) is 9.88. The van der Waals surface area contributed by atoms with Crippen LogP contribution in [0.15, 0.2) is 6.07 Å². The molecule has 0 bridgehead atoms. The summed E-state index contributed by atoms with van der Waals surface area (Å²) in [5, 5.41) is 0.977. The van der Waals surface area contributed by atoms with E-state index >= 15 is 0 Å². The number of hydrogen-bond acceptors (Lipinski definition) is 5. The maximum atomic E-state index is 5.95. The topological polar surface area (TPSA) is 61.0 Å². The molecule has 2 aromatic rings. The Hall–Kier alpha value is -1.20. The molecule has 2 N–H and O–H groups in total. The summed E-state index contributed by atoms with van der Waals surface area (Å²) >= 11 is 1.67. The van der Waals surface area contributed by atoms with Crippen LogP contribution in [0.5, 0.6) is 0 Å². The molecule has 16 heavy (non-hydrogen) atoms. The minimum atomic E-state index is 0.314. The van der Waals surface area contributed by atoms with E-state index in [9.17, 15) is 0 Å². The third-order valence-corrected chi connectivity index (χ3v) is 3.80. The molecule has 0 radical (unpaired) electrons. The second-order valence-electron chi connectivity index (χ2n) is 4.10. The molecule has 1 unspecified atom stereocenters. The van der Waals surface area contributed by atoms with E-state index in [1.165, 1.54) is 4.88 Å². The predicted octanol–water partition coefficient (Wildman–Crippen LogP) is 2.09. The van der Waals surface area contributed by atoms with Crippen molar-refractivity contribution in [1.29, 1.82) is 0 Å². The van der Waals surface area contributed by atoms with Crippen molar-refractivity contribution >= 4 is 27.4 Å². The van der Waals surface area contributed by atoms with Crippen LogP contribution in [-0.2, 0) is 4.74 Å². The van der Waals surface area contributed by atoms with Crippen molar-refractivity contribution in [2.45, 2.75) is 19.3 Å². The average molecular weight is 235 g/mol. The zero-order valence-electron chi connectivity index (χ0n) is 9.06. The van der Waals surface area contributed by atoms with Crippen LogP contribution in [0.25, 0.3) is 10.2 Å². The fraction of sp³-hybridized carbons (Fsp3) is 0.455. The molecule has 4 nitrogen and oxygen atoms in total. The monoisotopic (exact) mass is 235 g/mol. The van der Waals surface area contributed by atoms with E-state index in [0.717, 1.165) is 35.7 Å².